The Hall–Kier alpha value is 1.45. The minimum absolute atomic E-state index is 0. The Bertz CT molecular complexity index is 35.9. The Morgan fingerprint density at radius 2 is 1.14 bits per heavy atom. The molecule has 0 spiro atoms. The van der Waals surface area contributed by atoms with Crippen LogP contribution in [0.5, 0.6) is 0 Å². The third kappa shape index (κ3) is 105. The van der Waals surface area contributed by atoms with Gasteiger partial charge in [0.2, 0.25) is 9.23 Å². The molecule has 0 bridgehead atoms. The Morgan fingerprint density at radius 1 is 1.14 bits per heavy atom. The second-order valence-electron chi connectivity index (χ2n) is 0.184. The van der Waals surface area contributed by atoms with Crippen molar-refractivity contribution < 1.29 is 15.2 Å². The molecule has 0 rings (SSSR count). The molecule has 3 nitrogen and oxygen atoms in total. The molecule has 2 radical (unpaired) electrons. The van der Waals surface area contributed by atoms with Crippen LogP contribution in [-0.4, -0.2) is 39.1 Å². The summed E-state index contributed by atoms with van der Waals surface area (Å²) in [6.07, 6.45) is 0. The monoisotopic (exact) mass is 276 g/mol. The number of hydrogen-bond donors (Lipinski definition) is 0. The van der Waals surface area contributed by atoms with Gasteiger partial charge in [0.1, 0.15) is 0 Å². The van der Waals surface area contributed by atoms with E-state index >= 15 is 0 Å². The molecule has 0 aliphatic rings. The molecule has 0 heterocycles. The van der Waals surface area contributed by atoms with Crippen molar-refractivity contribution >= 4 is 54.5 Å². The molecule has 7 heavy (non-hydrogen) atoms. The summed E-state index contributed by atoms with van der Waals surface area (Å²) in [5, 5.41) is 0. The van der Waals surface area contributed by atoms with E-state index in [0.29, 0.717) is 0 Å². The van der Waals surface area contributed by atoms with E-state index < -0.39 is 9.23 Å². The third-order valence-electron chi connectivity index (χ3n) is 0. The Labute approximate surface area is 69.4 Å². The summed E-state index contributed by atoms with van der Waals surface area (Å²) in [6, 6.07) is 0. The molecule has 7 heteroatoms. The zero-order valence-electron chi connectivity index (χ0n) is 3.28. The molecule has 0 amide bonds. The van der Waals surface area contributed by atoms with Crippen LogP contribution in [0.15, 0.2) is 0 Å². The summed E-state index contributed by atoms with van der Waals surface area (Å²) >= 11 is 0. The van der Waals surface area contributed by atoms with E-state index in [1.54, 1.807) is 0 Å². The van der Waals surface area contributed by atoms with E-state index in [2.05, 4.69) is 21.4 Å². The average Bonchev–Trinajstić information content (AvgIpc) is 0.811. The molecule has 0 aliphatic heterocycles. The van der Waals surface area contributed by atoms with Crippen LogP contribution in [-0.2, 0) is 9.23 Å². The van der Waals surface area contributed by atoms with E-state index in [9.17, 15) is 0 Å². The molecule has 0 saturated carbocycles. The van der Waals surface area contributed by atoms with Gasteiger partial charge in [-0.2, -0.15) is 0 Å². The Kier molecular flexibility index (Phi) is 53.0. The first-order valence-corrected chi connectivity index (χ1v) is 3.28. The fourth-order valence-corrected chi connectivity index (χ4v) is 0. The van der Waals surface area contributed by atoms with Crippen molar-refractivity contribution in [2.45, 2.75) is 0 Å². The molecule has 0 unspecified atom stereocenters. The van der Waals surface area contributed by atoms with Crippen molar-refractivity contribution in [2.24, 2.45) is 0 Å². The van der Waals surface area contributed by atoms with Crippen molar-refractivity contribution in [1.29, 1.82) is 0 Å². The standard InChI is InChI=1S/Cl2OS.2H2O.Sn.2H/c1-4(2)3;;;;;/h;2*1H2;;;. The SMILES string of the molecule is O.O.O=S(Cl)Cl.[SnH2]. The second-order valence-corrected chi connectivity index (χ2v) is 2.71. The van der Waals surface area contributed by atoms with Gasteiger partial charge >= 0.3 is 23.9 Å². The molecule has 0 saturated heterocycles. The molecule has 0 aromatic rings. The molecule has 0 fully saturated rings. The van der Waals surface area contributed by atoms with Gasteiger partial charge in [-0.3, -0.25) is 0 Å². The molecular formula is H6Cl2O3SSn. The van der Waals surface area contributed by atoms with Crippen LogP contribution in [0.25, 0.3) is 0 Å². The van der Waals surface area contributed by atoms with Gasteiger partial charge in [-0.15, -0.1) is 0 Å². The van der Waals surface area contributed by atoms with E-state index in [0.717, 1.165) is 0 Å². The summed E-state index contributed by atoms with van der Waals surface area (Å²) in [4.78, 5) is 0. The summed E-state index contributed by atoms with van der Waals surface area (Å²) < 4.78 is 9.09. The number of halogens is 2. The molecule has 48 valence electrons. The van der Waals surface area contributed by atoms with E-state index in [1.807, 2.05) is 0 Å². The summed E-state index contributed by atoms with van der Waals surface area (Å²) in [6.45, 7) is 0. The summed E-state index contributed by atoms with van der Waals surface area (Å²) in [7, 11) is 7.36. The topological polar surface area (TPSA) is 80.1 Å². The first-order chi connectivity index (χ1) is 1.73. The van der Waals surface area contributed by atoms with Crippen molar-refractivity contribution in [3.05, 3.63) is 0 Å². The second kappa shape index (κ2) is 15.7. The first kappa shape index (κ1) is 23.7. The average molecular weight is 276 g/mol. The van der Waals surface area contributed by atoms with Crippen molar-refractivity contribution in [3.63, 3.8) is 0 Å². The van der Waals surface area contributed by atoms with Crippen molar-refractivity contribution in [2.75, 3.05) is 0 Å². The maximum absolute atomic E-state index is 9.09. The van der Waals surface area contributed by atoms with Crippen LogP contribution < -0.4 is 0 Å². The fourth-order valence-electron chi connectivity index (χ4n) is 0. The van der Waals surface area contributed by atoms with Gasteiger partial charge < -0.3 is 11.0 Å². The summed E-state index contributed by atoms with van der Waals surface area (Å²) in [5.41, 5.74) is 0. The normalized spacial score (nSPS) is 5.00. The van der Waals surface area contributed by atoms with Crippen molar-refractivity contribution in [3.8, 4) is 0 Å². The molecular weight excluding hydrogens is 270 g/mol. The van der Waals surface area contributed by atoms with Gasteiger partial charge in [-0.05, 0) is 0 Å². The van der Waals surface area contributed by atoms with Gasteiger partial charge in [0.05, 0.1) is 0 Å². The number of rotatable bonds is 0. The van der Waals surface area contributed by atoms with Crippen LogP contribution in [0.2, 0.25) is 0 Å². The molecule has 4 N–H and O–H groups in total. The van der Waals surface area contributed by atoms with Crippen LogP contribution in [0.1, 0.15) is 0 Å². The predicted molar refractivity (Wildman–Crippen MR) is 35.6 cm³/mol. The van der Waals surface area contributed by atoms with Gasteiger partial charge in [0.15, 0.2) is 0 Å². The van der Waals surface area contributed by atoms with Crippen LogP contribution in [0.3, 0.4) is 0 Å². The van der Waals surface area contributed by atoms with Gasteiger partial charge in [-0.1, -0.05) is 0 Å². The van der Waals surface area contributed by atoms with Crippen LogP contribution in [0.4, 0.5) is 0 Å². The predicted octanol–water partition coefficient (Wildman–Crippen LogP) is -1.52. The van der Waals surface area contributed by atoms with Gasteiger partial charge in [0, 0.05) is 21.4 Å². The summed E-state index contributed by atoms with van der Waals surface area (Å²) in [5.74, 6) is 0. The third-order valence-corrected chi connectivity index (χ3v) is 0. The zero-order chi connectivity index (χ0) is 3.58. The Morgan fingerprint density at radius 3 is 1.14 bits per heavy atom. The number of hydrogen-bond acceptors (Lipinski definition) is 1. The molecule has 0 aromatic heterocycles. The zero-order valence-corrected chi connectivity index (χ0v) is 9.64. The van der Waals surface area contributed by atoms with E-state index in [-0.39, 0.29) is 34.9 Å². The molecule has 0 aromatic carbocycles. The van der Waals surface area contributed by atoms with E-state index in [1.165, 1.54) is 0 Å². The van der Waals surface area contributed by atoms with Crippen molar-refractivity contribution in [1.82, 2.24) is 0 Å². The van der Waals surface area contributed by atoms with Crippen LogP contribution in [0, 0.1) is 0 Å². The van der Waals surface area contributed by atoms with Gasteiger partial charge in [-0.25, -0.2) is 4.21 Å². The molecule has 0 aliphatic carbocycles. The first-order valence-electron chi connectivity index (χ1n) is 0.475. The van der Waals surface area contributed by atoms with Crippen LogP contribution >= 0.6 is 21.4 Å². The van der Waals surface area contributed by atoms with E-state index in [4.69, 9.17) is 4.21 Å². The minimum atomic E-state index is -1.67. The quantitative estimate of drug-likeness (QED) is 0.390. The molecule has 0 atom stereocenters. The van der Waals surface area contributed by atoms with Gasteiger partial charge in [0.25, 0.3) is 0 Å². The maximum atomic E-state index is 9.09. The Balaban J connectivity index is -0.0000000150. The fraction of sp³-hybridized carbons (Fsp3) is 0.